The van der Waals surface area contributed by atoms with Gasteiger partial charge in [-0.2, -0.15) is 5.10 Å². The maximum Gasteiger partial charge on any atom is 0.326 e. The number of rotatable bonds is 5. The number of aliphatic carboxylic acids is 1. The molecule has 9 heteroatoms. The van der Waals surface area contributed by atoms with E-state index in [-0.39, 0.29) is 18.9 Å². The molecule has 2 atom stereocenters. The first-order valence-corrected chi connectivity index (χ1v) is 9.11. The van der Waals surface area contributed by atoms with Crippen molar-refractivity contribution in [2.75, 3.05) is 13.7 Å². The van der Waals surface area contributed by atoms with E-state index in [1.54, 1.807) is 48.5 Å². The molecule has 1 aliphatic heterocycles. The Kier molecular flexibility index (Phi) is 4.79. The van der Waals surface area contributed by atoms with Crippen LogP contribution in [0.15, 0.2) is 42.7 Å². The highest BCUT2D eigenvalue weighted by Gasteiger charge is 2.39. The predicted octanol–water partition coefficient (Wildman–Crippen LogP) is 1.88. The lowest BCUT2D eigenvalue weighted by atomic mass is 10.1. The van der Waals surface area contributed by atoms with Crippen molar-refractivity contribution in [3.05, 3.63) is 42.7 Å². The molecule has 0 saturated carbocycles. The number of nitrogens with zero attached hydrogens (tertiary/aromatic N) is 4. The van der Waals surface area contributed by atoms with Crippen LogP contribution in [0.3, 0.4) is 0 Å². The summed E-state index contributed by atoms with van der Waals surface area (Å²) in [4.78, 5) is 29.3. The van der Waals surface area contributed by atoms with E-state index in [2.05, 4.69) is 10.1 Å². The van der Waals surface area contributed by atoms with Gasteiger partial charge in [0.15, 0.2) is 5.82 Å². The highest BCUT2D eigenvalue weighted by Crippen LogP contribution is 2.32. The van der Waals surface area contributed by atoms with Crippen molar-refractivity contribution in [3.63, 3.8) is 0 Å². The van der Waals surface area contributed by atoms with Crippen molar-refractivity contribution >= 4 is 22.8 Å². The van der Waals surface area contributed by atoms with Crippen LogP contribution >= 0.6 is 0 Å². The first-order valence-electron chi connectivity index (χ1n) is 9.11. The van der Waals surface area contributed by atoms with E-state index in [9.17, 15) is 14.7 Å². The molecule has 3 aromatic rings. The molecule has 1 fully saturated rings. The molecule has 0 spiro atoms. The third-order valence-electron chi connectivity index (χ3n) is 4.95. The molecule has 3 heterocycles. The third-order valence-corrected chi connectivity index (χ3v) is 4.95. The Bertz CT molecular complexity index is 1040. The summed E-state index contributed by atoms with van der Waals surface area (Å²) >= 11 is 0. The number of ether oxygens (including phenoxy) is 2. The topological polar surface area (TPSA) is 107 Å². The standard InChI is InChI=1S/C20H20N4O5/c1-12(25)23-11-14(9-17(23)20(26)27)29-18-10-19(24-7-3-6-21-24)22-16-8-13(28-2)4-5-15(16)18/h3-8,10,14,17H,9,11H2,1-2H3,(H,26,27)/t14-,17-/m0/s1. The maximum absolute atomic E-state index is 11.8. The molecule has 9 nitrogen and oxygen atoms in total. The molecule has 0 aliphatic carbocycles. The number of likely N-dealkylation sites (tertiary alicyclic amines) is 1. The molecule has 2 aromatic heterocycles. The summed E-state index contributed by atoms with van der Waals surface area (Å²) in [5.74, 6) is 0.436. The number of carboxylic acids is 1. The van der Waals surface area contributed by atoms with Gasteiger partial charge in [0.2, 0.25) is 5.91 Å². The van der Waals surface area contributed by atoms with Gasteiger partial charge >= 0.3 is 5.97 Å². The van der Waals surface area contributed by atoms with Crippen molar-refractivity contribution in [3.8, 4) is 17.3 Å². The van der Waals surface area contributed by atoms with Crippen LogP contribution in [0.5, 0.6) is 11.5 Å². The number of methoxy groups -OCH3 is 1. The lowest BCUT2D eigenvalue weighted by molar-refractivity contribution is -0.147. The second kappa shape index (κ2) is 7.42. The molecule has 1 aliphatic rings. The Hall–Kier alpha value is -3.62. The molecule has 0 bridgehead atoms. The monoisotopic (exact) mass is 396 g/mol. The summed E-state index contributed by atoms with van der Waals surface area (Å²) in [7, 11) is 1.58. The molecular formula is C20H20N4O5. The van der Waals surface area contributed by atoms with Crippen LogP contribution in [0.4, 0.5) is 0 Å². The SMILES string of the molecule is COc1ccc2c(O[C@H]3C[C@@H](C(=O)O)N(C(C)=O)C3)cc(-n3cccn3)nc2c1. The van der Waals surface area contributed by atoms with Crippen LogP contribution in [0, 0.1) is 0 Å². The van der Waals surface area contributed by atoms with Gasteiger partial charge in [-0.1, -0.05) is 0 Å². The third kappa shape index (κ3) is 3.58. The number of carbonyl (C=O) groups is 2. The van der Waals surface area contributed by atoms with Crippen LogP contribution in [-0.2, 0) is 9.59 Å². The van der Waals surface area contributed by atoms with Gasteiger partial charge in [0.25, 0.3) is 0 Å². The smallest absolute Gasteiger partial charge is 0.326 e. The van der Waals surface area contributed by atoms with Gasteiger partial charge < -0.3 is 19.5 Å². The minimum Gasteiger partial charge on any atom is -0.497 e. The molecule has 0 unspecified atom stereocenters. The van der Waals surface area contributed by atoms with Crippen LogP contribution in [0.25, 0.3) is 16.7 Å². The Labute approximate surface area is 166 Å². The van der Waals surface area contributed by atoms with Crippen molar-refractivity contribution < 1.29 is 24.2 Å². The Morgan fingerprint density at radius 1 is 1.28 bits per heavy atom. The summed E-state index contributed by atoms with van der Waals surface area (Å²) in [6, 6.07) is 8.10. The Balaban J connectivity index is 1.73. The lowest BCUT2D eigenvalue weighted by Gasteiger charge is -2.19. The van der Waals surface area contributed by atoms with E-state index in [1.165, 1.54) is 11.8 Å². The van der Waals surface area contributed by atoms with Gasteiger partial charge in [-0.25, -0.2) is 14.5 Å². The van der Waals surface area contributed by atoms with Crippen LogP contribution in [-0.4, -0.2) is 62.4 Å². The number of benzene rings is 1. The van der Waals surface area contributed by atoms with Crippen molar-refractivity contribution in [2.45, 2.75) is 25.5 Å². The number of pyridine rings is 1. The molecule has 1 amide bonds. The summed E-state index contributed by atoms with van der Waals surface area (Å²) in [6.07, 6.45) is 3.19. The molecule has 1 aromatic carbocycles. The molecule has 29 heavy (non-hydrogen) atoms. The second-order valence-electron chi connectivity index (χ2n) is 6.81. The van der Waals surface area contributed by atoms with Gasteiger partial charge in [-0.05, 0) is 18.2 Å². The van der Waals surface area contributed by atoms with Gasteiger partial charge in [0, 0.05) is 43.3 Å². The van der Waals surface area contributed by atoms with Crippen LogP contribution in [0.2, 0.25) is 0 Å². The zero-order valence-electron chi connectivity index (χ0n) is 16.0. The van der Waals surface area contributed by atoms with Gasteiger partial charge in [-0.3, -0.25) is 4.79 Å². The summed E-state index contributed by atoms with van der Waals surface area (Å²) in [5, 5.41) is 14.4. The average Bonchev–Trinajstić information content (AvgIpc) is 3.37. The van der Waals surface area contributed by atoms with Crippen molar-refractivity contribution in [2.24, 2.45) is 0 Å². The Morgan fingerprint density at radius 3 is 2.72 bits per heavy atom. The van der Waals surface area contributed by atoms with Gasteiger partial charge in [0.1, 0.15) is 23.6 Å². The van der Waals surface area contributed by atoms with E-state index < -0.39 is 18.1 Å². The number of hydrogen-bond acceptors (Lipinski definition) is 6. The van der Waals surface area contributed by atoms with E-state index in [1.807, 2.05) is 6.07 Å². The average molecular weight is 396 g/mol. The first-order chi connectivity index (χ1) is 14.0. The van der Waals surface area contributed by atoms with Crippen molar-refractivity contribution in [1.29, 1.82) is 0 Å². The van der Waals surface area contributed by atoms with Gasteiger partial charge in [-0.15, -0.1) is 0 Å². The zero-order valence-corrected chi connectivity index (χ0v) is 16.0. The van der Waals surface area contributed by atoms with Crippen LogP contribution in [0.1, 0.15) is 13.3 Å². The molecular weight excluding hydrogens is 376 g/mol. The minimum absolute atomic E-state index is 0.212. The predicted molar refractivity (Wildman–Crippen MR) is 103 cm³/mol. The summed E-state index contributed by atoms with van der Waals surface area (Å²) < 4.78 is 13.1. The Morgan fingerprint density at radius 2 is 2.10 bits per heavy atom. The minimum atomic E-state index is -1.03. The molecule has 1 saturated heterocycles. The highest BCUT2D eigenvalue weighted by molar-refractivity contribution is 5.87. The number of aromatic nitrogens is 3. The number of fused-ring (bicyclic) bond motifs is 1. The normalized spacial score (nSPS) is 18.8. The van der Waals surface area contributed by atoms with E-state index >= 15 is 0 Å². The number of hydrogen-bond donors (Lipinski definition) is 1. The molecule has 4 rings (SSSR count). The number of carbonyl (C=O) groups excluding carboxylic acids is 1. The van der Waals surface area contributed by atoms with Crippen LogP contribution < -0.4 is 9.47 Å². The first kappa shape index (κ1) is 18.7. The highest BCUT2D eigenvalue weighted by atomic mass is 16.5. The maximum atomic E-state index is 11.8. The molecule has 1 N–H and O–H groups in total. The molecule has 0 radical (unpaired) electrons. The van der Waals surface area contributed by atoms with Crippen molar-refractivity contribution in [1.82, 2.24) is 19.7 Å². The second-order valence-corrected chi connectivity index (χ2v) is 6.81. The quantitative estimate of drug-likeness (QED) is 0.702. The number of amides is 1. The van der Waals surface area contributed by atoms with Gasteiger partial charge in [0.05, 0.1) is 19.2 Å². The fraction of sp³-hybridized carbons (Fsp3) is 0.300. The largest absolute Gasteiger partial charge is 0.497 e. The van der Waals surface area contributed by atoms with E-state index in [4.69, 9.17) is 9.47 Å². The molecule has 150 valence electrons. The zero-order chi connectivity index (χ0) is 20.5. The summed E-state index contributed by atoms with van der Waals surface area (Å²) in [6.45, 7) is 1.58. The number of carboxylic acid groups (broad SMARTS) is 1. The fourth-order valence-corrected chi connectivity index (χ4v) is 3.55. The van der Waals surface area contributed by atoms with E-state index in [0.717, 1.165) is 5.39 Å². The van der Waals surface area contributed by atoms with E-state index in [0.29, 0.717) is 22.8 Å². The summed E-state index contributed by atoms with van der Waals surface area (Å²) in [5.41, 5.74) is 0.656. The lowest BCUT2D eigenvalue weighted by Crippen LogP contribution is -2.39. The fourth-order valence-electron chi connectivity index (χ4n) is 3.55.